The Hall–Kier alpha value is -1.09. The SMILES string of the molecule is CCNC(=NCc1ncc(C)c(OC)c1C)NC1CCN(C(C)C)CC1.I. The number of rotatable bonds is 6. The molecule has 0 spiro atoms. The summed E-state index contributed by atoms with van der Waals surface area (Å²) in [5, 5.41) is 6.96. The highest BCUT2D eigenvalue weighted by atomic mass is 127. The predicted octanol–water partition coefficient (Wildman–Crippen LogP) is 3.25. The summed E-state index contributed by atoms with van der Waals surface area (Å²) < 4.78 is 5.50. The van der Waals surface area contributed by atoms with E-state index in [9.17, 15) is 0 Å². The average Bonchev–Trinajstić information content (AvgIpc) is 2.62. The van der Waals surface area contributed by atoms with Crippen molar-refractivity contribution in [2.45, 2.75) is 66.1 Å². The zero-order valence-electron chi connectivity index (χ0n) is 17.6. The maximum atomic E-state index is 5.50. The number of aryl methyl sites for hydroxylation is 1. The van der Waals surface area contributed by atoms with Crippen molar-refractivity contribution < 1.29 is 4.74 Å². The maximum Gasteiger partial charge on any atom is 0.191 e. The van der Waals surface area contributed by atoms with E-state index in [4.69, 9.17) is 9.73 Å². The largest absolute Gasteiger partial charge is 0.496 e. The third-order valence-electron chi connectivity index (χ3n) is 5.08. The molecule has 2 rings (SSSR count). The Morgan fingerprint density at radius 1 is 1.33 bits per heavy atom. The monoisotopic (exact) mass is 489 g/mol. The minimum absolute atomic E-state index is 0. The molecule has 0 amide bonds. The molecule has 0 radical (unpaired) electrons. The van der Waals surface area contributed by atoms with Crippen molar-refractivity contribution in [3.63, 3.8) is 0 Å². The van der Waals surface area contributed by atoms with Crippen molar-refractivity contribution in [2.24, 2.45) is 4.99 Å². The molecule has 0 bridgehead atoms. The number of methoxy groups -OCH3 is 1. The molecule has 0 atom stereocenters. The molecular weight excluding hydrogens is 453 g/mol. The van der Waals surface area contributed by atoms with Crippen molar-refractivity contribution in [3.8, 4) is 5.75 Å². The Morgan fingerprint density at radius 2 is 2.00 bits per heavy atom. The fourth-order valence-corrected chi connectivity index (χ4v) is 3.46. The second-order valence-electron chi connectivity index (χ2n) is 7.29. The van der Waals surface area contributed by atoms with Gasteiger partial charge in [0.15, 0.2) is 5.96 Å². The fraction of sp³-hybridized carbons (Fsp3) is 0.700. The van der Waals surface area contributed by atoms with Gasteiger partial charge in [0.05, 0.1) is 19.3 Å². The predicted molar refractivity (Wildman–Crippen MR) is 123 cm³/mol. The van der Waals surface area contributed by atoms with Crippen LogP contribution in [0.4, 0.5) is 0 Å². The van der Waals surface area contributed by atoms with Gasteiger partial charge in [0.2, 0.25) is 0 Å². The van der Waals surface area contributed by atoms with E-state index in [-0.39, 0.29) is 24.0 Å². The molecular formula is C20H36IN5O. The minimum atomic E-state index is 0. The molecule has 1 saturated heterocycles. The smallest absolute Gasteiger partial charge is 0.191 e. The summed E-state index contributed by atoms with van der Waals surface area (Å²) >= 11 is 0. The standard InChI is InChI=1S/C20H35N5O.HI/c1-7-21-20(24-17-8-10-25(11-9-17)14(2)3)23-13-18-16(5)19(26-6)15(4)12-22-18;/h12,14,17H,7-11,13H2,1-6H3,(H2,21,23,24);1H. The van der Waals surface area contributed by atoms with E-state index in [2.05, 4.69) is 41.3 Å². The third kappa shape index (κ3) is 6.78. The summed E-state index contributed by atoms with van der Waals surface area (Å²) in [6.07, 6.45) is 4.16. The van der Waals surface area contributed by atoms with Crippen molar-refractivity contribution in [1.29, 1.82) is 0 Å². The van der Waals surface area contributed by atoms with Gasteiger partial charge in [-0.1, -0.05) is 0 Å². The number of nitrogens with zero attached hydrogens (tertiary/aromatic N) is 3. The maximum absolute atomic E-state index is 5.50. The van der Waals surface area contributed by atoms with Gasteiger partial charge in [-0.25, -0.2) is 4.99 Å². The molecule has 0 saturated carbocycles. The van der Waals surface area contributed by atoms with Gasteiger partial charge in [0.25, 0.3) is 0 Å². The van der Waals surface area contributed by atoms with Crippen LogP contribution in [-0.2, 0) is 6.54 Å². The van der Waals surface area contributed by atoms with Crippen LogP contribution >= 0.6 is 24.0 Å². The Bertz CT molecular complexity index is 613. The highest BCUT2D eigenvalue weighted by molar-refractivity contribution is 14.0. The van der Waals surface area contributed by atoms with E-state index in [1.807, 2.05) is 20.0 Å². The van der Waals surface area contributed by atoms with Crippen LogP contribution < -0.4 is 15.4 Å². The first kappa shape index (κ1) is 23.9. The Morgan fingerprint density at radius 3 is 2.56 bits per heavy atom. The normalized spacial score (nSPS) is 16.2. The van der Waals surface area contributed by atoms with Gasteiger partial charge < -0.3 is 20.3 Å². The number of hydrogen-bond donors (Lipinski definition) is 2. The first-order chi connectivity index (χ1) is 12.5. The summed E-state index contributed by atoms with van der Waals surface area (Å²) in [4.78, 5) is 11.8. The second kappa shape index (κ2) is 11.7. The molecule has 1 aromatic heterocycles. The van der Waals surface area contributed by atoms with Crippen LogP contribution in [0.1, 0.15) is 50.4 Å². The van der Waals surface area contributed by atoms with Crippen molar-refractivity contribution in [3.05, 3.63) is 23.0 Å². The highest BCUT2D eigenvalue weighted by Crippen LogP contribution is 2.24. The molecule has 1 aliphatic heterocycles. The number of likely N-dealkylation sites (tertiary alicyclic amines) is 1. The number of ether oxygens (including phenoxy) is 1. The van der Waals surface area contributed by atoms with Crippen LogP contribution in [0.25, 0.3) is 0 Å². The number of hydrogen-bond acceptors (Lipinski definition) is 4. The number of halogens is 1. The zero-order valence-corrected chi connectivity index (χ0v) is 20.0. The quantitative estimate of drug-likeness (QED) is 0.365. The first-order valence-corrected chi connectivity index (χ1v) is 9.74. The summed E-state index contributed by atoms with van der Waals surface area (Å²) in [6.45, 7) is 14.4. The van der Waals surface area contributed by atoms with E-state index < -0.39 is 0 Å². The third-order valence-corrected chi connectivity index (χ3v) is 5.08. The van der Waals surface area contributed by atoms with Crippen molar-refractivity contribution in [2.75, 3.05) is 26.7 Å². The molecule has 0 aromatic carbocycles. The Kier molecular flexibility index (Phi) is 10.4. The number of guanidine groups is 1. The van der Waals surface area contributed by atoms with Gasteiger partial charge in [-0.3, -0.25) is 4.98 Å². The van der Waals surface area contributed by atoms with E-state index in [0.717, 1.165) is 61.0 Å². The minimum Gasteiger partial charge on any atom is -0.496 e. The van der Waals surface area contributed by atoms with Crippen LogP contribution in [0.5, 0.6) is 5.75 Å². The number of aliphatic imine (C=N–C) groups is 1. The molecule has 1 aromatic rings. The molecule has 2 N–H and O–H groups in total. The molecule has 2 heterocycles. The average molecular weight is 489 g/mol. The lowest BCUT2D eigenvalue weighted by molar-refractivity contribution is 0.167. The number of pyridine rings is 1. The molecule has 27 heavy (non-hydrogen) atoms. The van der Waals surface area contributed by atoms with Gasteiger partial charge in [-0.15, -0.1) is 24.0 Å². The van der Waals surface area contributed by atoms with E-state index in [1.54, 1.807) is 7.11 Å². The van der Waals surface area contributed by atoms with Crippen LogP contribution in [0.15, 0.2) is 11.2 Å². The number of nitrogens with one attached hydrogen (secondary N) is 2. The molecule has 154 valence electrons. The molecule has 0 unspecified atom stereocenters. The Labute approximate surface area is 181 Å². The van der Waals surface area contributed by atoms with Crippen LogP contribution in [-0.4, -0.2) is 54.7 Å². The lowest BCUT2D eigenvalue weighted by Crippen LogP contribution is -2.49. The second-order valence-corrected chi connectivity index (χ2v) is 7.29. The zero-order chi connectivity index (χ0) is 19.1. The van der Waals surface area contributed by atoms with Crippen LogP contribution in [0.3, 0.4) is 0 Å². The van der Waals surface area contributed by atoms with Gasteiger partial charge in [0, 0.05) is 49.0 Å². The lowest BCUT2D eigenvalue weighted by Gasteiger charge is -2.35. The molecule has 1 aliphatic rings. The van der Waals surface area contributed by atoms with Crippen molar-refractivity contribution in [1.82, 2.24) is 20.5 Å². The molecule has 1 fully saturated rings. The van der Waals surface area contributed by atoms with E-state index >= 15 is 0 Å². The summed E-state index contributed by atoms with van der Waals surface area (Å²) in [6, 6.07) is 1.10. The van der Waals surface area contributed by atoms with Gasteiger partial charge >= 0.3 is 0 Å². The van der Waals surface area contributed by atoms with Gasteiger partial charge in [-0.2, -0.15) is 0 Å². The summed E-state index contributed by atoms with van der Waals surface area (Å²) in [5.41, 5.74) is 3.08. The highest BCUT2D eigenvalue weighted by Gasteiger charge is 2.21. The van der Waals surface area contributed by atoms with Crippen LogP contribution in [0.2, 0.25) is 0 Å². The van der Waals surface area contributed by atoms with Crippen molar-refractivity contribution >= 4 is 29.9 Å². The first-order valence-electron chi connectivity index (χ1n) is 9.74. The van der Waals surface area contributed by atoms with E-state index in [1.165, 1.54) is 0 Å². The van der Waals surface area contributed by atoms with E-state index in [0.29, 0.717) is 18.6 Å². The summed E-state index contributed by atoms with van der Waals surface area (Å²) in [7, 11) is 1.71. The topological polar surface area (TPSA) is 61.8 Å². The molecule has 7 heteroatoms. The van der Waals surface area contributed by atoms with Crippen LogP contribution in [0, 0.1) is 13.8 Å². The lowest BCUT2D eigenvalue weighted by atomic mass is 10.0. The molecule has 6 nitrogen and oxygen atoms in total. The van der Waals surface area contributed by atoms with Gasteiger partial charge in [0.1, 0.15) is 5.75 Å². The Balaban J connectivity index is 0.00000364. The van der Waals surface area contributed by atoms with Gasteiger partial charge in [-0.05, 0) is 47.5 Å². The molecule has 0 aliphatic carbocycles. The summed E-state index contributed by atoms with van der Waals surface area (Å²) in [5.74, 6) is 1.78. The fourth-order valence-electron chi connectivity index (χ4n) is 3.46. The number of aromatic nitrogens is 1. The number of piperidine rings is 1.